The number of hydrogen-bond acceptors (Lipinski definition) is 6. The number of aliphatic carboxylic acids is 1. The first-order valence-corrected chi connectivity index (χ1v) is 9.13. The van der Waals surface area contributed by atoms with Gasteiger partial charge in [-0.15, -0.1) is 0 Å². The van der Waals surface area contributed by atoms with Crippen molar-refractivity contribution in [2.75, 3.05) is 6.79 Å². The van der Waals surface area contributed by atoms with E-state index in [0.717, 1.165) is 30.2 Å². The second kappa shape index (κ2) is 7.45. The van der Waals surface area contributed by atoms with Crippen LogP contribution in [-0.2, 0) is 9.59 Å². The largest absolute Gasteiger partial charge is 0.480 e. The molecule has 132 valence electrons. The third-order valence-electron chi connectivity index (χ3n) is 3.95. The van der Waals surface area contributed by atoms with E-state index >= 15 is 0 Å². The number of ether oxygens (including phenoxy) is 2. The molecule has 0 saturated carbocycles. The fourth-order valence-corrected chi connectivity index (χ4v) is 4.02. The van der Waals surface area contributed by atoms with Gasteiger partial charge in [0.1, 0.15) is 10.4 Å². The summed E-state index contributed by atoms with van der Waals surface area (Å²) in [7, 11) is 0. The molecular weight excluding hydrogens is 362 g/mol. The number of rotatable bonds is 6. The third-order valence-corrected chi connectivity index (χ3v) is 5.28. The molecule has 2 aliphatic heterocycles. The molecule has 25 heavy (non-hydrogen) atoms. The van der Waals surface area contributed by atoms with Crippen molar-refractivity contribution in [3.8, 4) is 11.5 Å². The van der Waals surface area contributed by atoms with Crippen molar-refractivity contribution in [2.45, 2.75) is 32.2 Å². The van der Waals surface area contributed by atoms with Crippen LogP contribution in [0.1, 0.15) is 31.7 Å². The van der Waals surface area contributed by atoms with Crippen LogP contribution in [0, 0.1) is 0 Å². The lowest BCUT2D eigenvalue weighted by atomic mass is 10.1. The minimum atomic E-state index is -1.03. The first kappa shape index (κ1) is 17.8. The van der Waals surface area contributed by atoms with Gasteiger partial charge in [-0.05, 0) is 30.2 Å². The van der Waals surface area contributed by atoms with Gasteiger partial charge in [-0.2, -0.15) is 0 Å². The van der Waals surface area contributed by atoms with Crippen molar-refractivity contribution in [1.82, 2.24) is 4.90 Å². The fraction of sp³-hybridized carbons (Fsp3) is 0.353. The first-order valence-electron chi connectivity index (χ1n) is 7.90. The maximum atomic E-state index is 12.7. The molecule has 0 bridgehead atoms. The van der Waals surface area contributed by atoms with Gasteiger partial charge in [0.15, 0.2) is 11.5 Å². The summed E-state index contributed by atoms with van der Waals surface area (Å²) in [6.45, 7) is 2.15. The predicted molar refractivity (Wildman–Crippen MR) is 98.5 cm³/mol. The molecule has 1 aromatic rings. The zero-order chi connectivity index (χ0) is 18.0. The van der Waals surface area contributed by atoms with Crippen molar-refractivity contribution in [3.63, 3.8) is 0 Å². The highest BCUT2D eigenvalue weighted by Crippen LogP contribution is 2.37. The molecule has 1 N–H and O–H groups in total. The number of nitrogens with zero attached hydrogens (tertiary/aromatic N) is 1. The lowest BCUT2D eigenvalue weighted by Gasteiger charge is -2.22. The van der Waals surface area contributed by atoms with Gasteiger partial charge in [0.25, 0.3) is 5.91 Å². The molecule has 6 nitrogen and oxygen atoms in total. The molecule has 1 saturated heterocycles. The molecule has 1 amide bonds. The van der Waals surface area contributed by atoms with Gasteiger partial charge >= 0.3 is 5.97 Å². The Morgan fingerprint density at radius 1 is 1.44 bits per heavy atom. The van der Waals surface area contributed by atoms with Crippen LogP contribution in [-0.4, -0.2) is 39.0 Å². The average molecular weight is 379 g/mol. The minimum absolute atomic E-state index is 0.179. The number of carbonyl (C=O) groups is 2. The SMILES string of the molecule is CCCC[C@@H](C(=O)O)N1C(=O)/C(=C/c2ccc3c(c2)OCO3)SC1=S. The van der Waals surface area contributed by atoms with Gasteiger partial charge in [-0.1, -0.05) is 49.8 Å². The standard InChI is InChI=1S/C17H17NO5S2/c1-2-3-4-11(16(20)21)18-15(19)14(25-17(18)24)8-10-5-6-12-13(7-10)23-9-22-12/h5-8,11H,2-4,9H2,1H3,(H,20,21)/b14-8-/t11-/m0/s1. The Bertz CT molecular complexity index is 761. The van der Waals surface area contributed by atoms with Crippen molar-refractivity contribution >= 4 is 46.3 Å². The van der Waals surface area contributed by atoms with E-state index in [2.05, 4.69) is 0 Å². The lowest BCUT2D eigenvalue weighted by Crippen LogP contribution is -2.43. The topological polar surface area (TPSA) is 76.1 Å². The number of thioether (sulfide) groups is 1. The lowest BCUT2D eigenvalue weighted by molar-refractivity contribution is -0.145. The summed E-state index contributed by atoms with van der Waals surface area (Å²) < 4.78 is 10.9. The number of carboxylic acid groups (broad SMARTS) is 1. The summed E-state index contributed by atoms with van der Waals surface area (Å²) >= 11 is 6.38. The molecule has 2 heterocycles. The maximum absolute atomic E-state index is 12.7. The fourth-order valence-electron chi connectivity index (χ4n) is 2.66. The van der Waals surface area contributed by atoms with Crippen LogP contribution < -0.4 is 9.47 Å². The first-order chi connectivity index (χ1) is 12.0. The Hall–Kier alpha value is -2.06. The molecule has 0 unspecified atom stereocenters. The normalized spacial score (nSPS) is 18.9. The summed E-state index contributed by atoms with van der Waals surface area (Å²) in [5.41, 5.74) is 0.769. The molecule has 0 radical (unpaired) electrons. The van der Waals surface area contributed by atoms with Crippen molar-refractivity contribution in [3.05, 3.63) is 28.7 Å². The Morgan fingerprint density at radius 3 is 2.92 bits per heavy atom. The highest BCUT2D eigenvalue weighted by atomic mass is 32.2. The van der Waals surface area contributed by atoms with Crippen LogP contribution >= 0.6 is 24.0 Å². The Labute approximate surface area is 154 Å². The average Bonchev–Trinajstić information content (AvgIpc) is 3.14. The van der Waals surface area contributed by atoms with Crippen LogP contribution in [0.4, 0.5) is 0 Å². The quantitative estimate of drug-likeness (QED) is 0.600. The molecular formula is C17H17NO5S2. The molecule has 0 spiro atoms. The summed E-state index contributed by atoms with van der Waals surface area (Å²) in [6, 6.07) is 4.44. The van der Waals surface area contributed by atoms with E-state index < -0.39 is 12.0 Å². The number of fused-ring (bicyclic) bond motifs is 1. The Morgan fingerprint density at radius 2 is 2.20 bits per heavy atom. The second-order valence-electron chi connectivity index (χ2n) is 5.66. The number of unbranched alkanes of at least 4 members (excludes halogenated alkanes) is 1. The number of carboxylic acids is 1. The van der Waals surface area contributed by atoms with E-state index in [0.29, 0.717) is 22.8 Å². The number of benzene rings is 1. The number of carbonyl (C=O) groups excluding carboxylic acids is 1. The molecule has 8 heteroatoms. The van der Waals surface area contributed by atoms with Gasteiger partial charge in [-0.3, -0.25) is 9.69 Å². The van der Waals surface area contributed by atoms with E-state index in [9.17, 15) is 14.7 Å². The smallest absolute Gasteiger partial charge is 0.326 e. The van der Waals surface area contributed by atoms with Crippen LogP contribution in [0.15, 0.2) is 23.1 Å². The molecule has 2 aliphatic rings. The Balaban J connectivity index is 1.83. The van der Waals surface area contributed by atoms with Crippen molar-refractivity contribution < 1.29 is 24.2 Å². The summed E-state index contributed by atoms with van der Waals surface area (Å²) in [5.74, 6) is -0.115. The zero-order valence-corrected chi connectivity index (χ0v) is 15.2. The molecule has 1 fully saturated rings. The highest BCUT2D eigenvalue weighted by Gasteiger charge is 2.40. The van der Waals surface area contributed by atoms with Crippen LogP contribution in [0.5, 0.6) is 11.5 Å². The number of amides is 1. The highest BCUT2D eigenvalue weighted by molar-refractivity contribution is 8.26. The second-order valence-corrected chi connectivity index (χ2v) is 7.34. The number of thiocarbonyl (C=S) groups is 1. The van der Waals surface area contributed by atoms with E-state index in [1.54, 1.807) is 18.2 Å². The van der Waals surface area contributed by atoms with Crippen LogP contribution in [0.2, 0.25) is 0 Å². The number of hydrogen-bond donors (Lipinski definition) is 1. The summed E-state index contributed by atoms with van der Waals surface area (Å²) in [6.07, 6.45) is 3.65. The Kier molecular flexibility index (Phi) is 5.29. The van der Waals surface area contributed by atoms with Gasteiger partial charge < -0.3 is 14.6 Å². The van der Waals surface area contributed by atoms with Crippen molar-refractivity contribution in [1.29, 1.82) is 0 Å². The summed E-state index contributed by atoms with van der Waals surface area (Å²) in [4.78, 5) is 25.9. The van der Waals surface area contributed by atoms with E-state index in [-0.39, 0.29) is 17.0 Å². The van der Waals surface area contributed by atoms with E-state index in [1.807, 2.05) is 13.0 Å². The molecule has 0 aromatic heterocycles. The third kappa shape index (κ3) is 3.64. The monoisotopic (exact) mass is 379 g/mol. The molecule has 3 rings (SSSR count). The zero-order valence-electron chi connectivity index (χ0n) is 13.6. The van der Waals surface area contributed by atoms with E-state index in [1.165, 1.54) is 4.90 Å². The van der Waals surface area contributed by atoms with Crippen LogP contribution in [0.3, 0.4) is 0 Å². The molecule has 1 aromatic carbocycles. The minimum Gasteiger partial charge on any atom is -0.480 e. The van der Waals surface area contributed by atoms with Gasteiger partial charge in [0, 0.05) is 0 Å². The van der Waals surface area contributed by atoms with Crippen LogP contribution in [0.25, 0.3) is 6.08 Å². The van der Waals surface area contributed by atoms with E-state index in [4.69, 9.17) is 21.7 Å². The van der Waals surface area contributed by atoms with Gasteiger partial charge in [0.2, 0.25) is 6.79 Å². The molecule has 0 aliphatic carbocycles. The maximum Gasteiger partial charge on any atom is 0.326 e. The van der Waals surface area contributed by atoms with Gasteiger partial charge in [-0.25, -0.2) is 4.79 Å². The predicted octanol–water partition coefficient (Wildman–Crippen LogP) is 3.26. The van der Waals surface area contributed by atoms with Crippen molar-refractivity contribution in [2.24, 2.45) is 0 Å². The van der Waals surface area contributed by atoms with Gasteiger partial charge in [0.05, 0.1) is 4.91 Å². The molecule has 1 atom stereocenters. The summed E-state index contributed by atoms with van der Waals surface area (Å²) in [5, 5.41) is 9.46.